The van der Waals surface area contributed by atoms with E-state index in [-0.39, 0.29) is 0 Å². The maximum atomic E-state index is 4.97. The fourth-order valence-electron chi connectivity index (χ4n) is 6.18. The molecule has 0 saturated heterocycles. The fourth-order valence-corrected chi connectivity index (χ4v) is 6.18. The van der Waals surface area contributed by atoms with Crippen molar-refractivity contribution in [2.24, 2.45) is 23.7 Å². The molecule has 0 atom stereocenters. The molecule has 0 aliphatic heterocycles. The van der Waals surface area contributed by atoms with Gasteiger partial charge in [-0.15, -0.1) is 0 Å². The number of aromatic nitrogens is 3. The highest BCUT2D eigenvalue weighted by atomic mass is 15.2. The Bertz CT molecular complexity index is 472. The van der Waals surface area contributed by atoms with E-state index in [0.717, 1.165) is 29.5 Å². The van der Waals surface area contributed by atoms with Gasteiger partial charge in [0.15, 0.2) is 5.82 Å². The lowest BCUT2D eigenvalue weighted by atomic mass is 9.52. The van der Waals surface area contributed by atoms with Gasteiger partial charge >= 0.3 is 0 Å². The molecule has 1 N–H and O–H groups in total. The molecule has 20 heavy (non-hydrogen) atoms. The Morgan fingerprint density at radius 1 is 0.850 bits per heavy atom. The number of rotatable bonds is 2. The first-order valence-electron chi connectivity index (χ1n) is 8.79. The Morgan fingerprint density at radius 2 is 1.50 bits per heavy atom. The Kier molecular flexibility index (Phi) is 2.54. The Morgan fingerprint density at radius 3 is 2.15 bits per heavy atom. The first-order valence-corrected chi connectivity index (χ1v) is 8.79. The van der Waals surface area contributed by atoms with Crippen molar-refractivity contribution in [3.05, 3.63) is 11.6 Å². The van der Waals surface area contributed by atoms with Crippen LogP contribution in [0.4, 0.5) is 0 Å². The molecule has 3 heteroatoms. The van der Waals surface area contributed by atoms with Crippen molar-refractivity contribution >= 4 is 0 Å². The molecule has 1 heterocycles. The summed E-state index contributed by atoms with van der Waals surface area (Å²) in [6, 6.07) is 0. The largest absolute Gasteiger partial charge is 0.263 e. The van der Waals surface area contributed by atoms with E-state index < -0.39 is 0 Å². The summed E-state index contributed by atoms with van der Waals surface area (Å²) in [5.74, 6) is 7.66. The van der Waals surface area contributed by atoms with Gasteiger partial charge in [-0.25, -0.2) is 4.98 Å². The van der Waals surface area contributed by atoms with Crippen LogP contribution < -0.4 is 0 Å². The van der Waals surface area contributed by atoms with E-state index >= 15 is 0 Å². The molecule has 0 unspecified atom stereocenters. The lowest BCUT2D eigenvalue weighted by Crippen LogP contribution is -2.44. The molecule has 1 aromatic rings. The highest BCUT2D eigenvalue weighted by Gasteiger charge is 2.49. The van der Waals surface area contributed by atoms with Crippen molar-refractivity contribution in [3.8, 4) is 0 Å². The van der Waals surface area contributed by atoms with Crippen LogP contribution in [0.2, 0.25) is 0 Å². The van der Waals surface area contributed by atoms with E-state index in [0.29, 0.717) is 11.8 Å². The number of hydrogen-bond donors (Lipinski definition) is 1. The van der Waals surface area contributed by atoms with Gasteiger partial charge in [0.1, 0.15) is 5.82 Å². The van der Waals surface area contributed by atoms with E-state index in [4.69, 9.17) is 4.98 Å². The molecule has 1 aromatic heterocycles. The van der Waals surface area contributed by atoms with E-state index in [1.807, 2.05) is 0 Å². The predicted molar refractivity (Wildman–Crippen MR) is 77.4 cm³/mol. The van der Waals surface area contributed by atoms with Crippen molar-refractivity contribution in [1.29, 1.82) is 0 Å². The third-order valence-corrected chi connectivity index (χ3v) is 6.78. The zero-order valence-corrected chi connectivity index (χ0v) is 12.2. The summed E-state index contributed by atoms with van der Waals surface area (Å²) in [4.78, 5) is 4.97. The molecule has 4 bridgehead atoms. The molecule has 108 valence electrons. The number of nitrogens with zero attached hydrogens (tertiary/aromatic N) is 2. The van der Waals surface area contributed by atoms with Crippen molar-refractivity contribution in [2.45, 2.75) is 69.6 Å². The summed E-state index contributed by atoms with van der Waals surface area (Å²) in [7, 11) is 0. The minimum atomic E-state index is 0.650. The Hall–Kier alpha value is -0.860. The summed E-state index contributed by atoms with van der Waals surface area (Å²) in [5, 5.41) is 7.94. The van der Waals surface area contributed by atoms with E-state index in [1.165, 1.54) is 63.6 Å². The van der Waals surface area contributed by atoms with Gasteiger partial charge in [0.05, 0.1) is 0 Å². The van der Waals surface area contributed by atoms with Crippen LogP contribution in [0.25, 0.3) is 0 Å². The third-order valence-electron chi connectivity index (χ3n) is 6.78. The van der Waals surface area contributed by atoms with Crippen LogP contribution in [-0.2, 0) is 0 Å². The molecule has 5 aliphatic carbocycles. The molecule has 6 rings (SSSR count). The molecule has 0 radical (unpaired) electrons. The highest BCUT2D eigenvalue weighted by molar-refractivity contribution is 5.12. The minimum absolute atomic E-state index is 0.650. The van der Waals surface area contributed by atoms with Crippen LogP contribution in [0.3, 0.4) is 0 Å². The lowest BCUT2D eigenvalue weighted by molar-refractivity contribution is -0.00556. The second-order valence-electron chi connectivity index (χ2n) is 8.02. The normalized spacial score (nSPS) is 43.5. The average Bonchev–Trinajstić information content (AvgIpc) is 3.08. The fraction of sp³-hybridized carbons (Fsp3) is 0.882. The maximum Gasteiger partial charge on any atom is 0.153 e. The summed E-state index contributed by atoms with van der Waals surface area (Å²) in [6.45, 7) is 0. The minimum Gasteiger partial charge on any atom is -0.263 e. The second-order valence-corrected chi connectivity index (χ2v) is 8.02. The van der Waals surface area contributed by atoms with Gasteiger partial charge in [-0.1, -0.05) is 12.8 Å². The Labute approximate surface area is 120 Å². The summed E-state index contributed by atoms with van der Waals surface area (Å²) in [5.41, 5.74) is 0. The predicted octanol–water partition coefficient (Wildman–Crippen LogP) is 4.00. The molecule has 5 saturated carbocycles. The molecule has 5 aliphatic rings. The molecule has 3 nitrogen and oxygen atoms in total. The number of nitrogens with one attached hydrogen (secondary N) is 1. The molecular weight excluding hydrogens is 246 g/mol. The van der Waals surface area contributed by atoms with Crippen LogP contribution in [0.15, 0.2) is 0 Å². The molecule has 0 spiro atoms. The number of H-pyrrole nitrogens is 1. The topological polar surface area (TPSA) is 41.6 Å². The SMILES string of the molecule is C1CCC(c2n[nH]c(C3C4CC5CC(C4)CC3C5)n2)C1. The van der Waals surface area contributed by atoms with Crippen LogP contribution in [-0.4, -0.2) is 15.2 Å². The van der Waals surface area contributed by atoms with Gasteiger partial charge in [-0.2, -0.15) is 5.10 Å². The molecular formula is C17H25N3. The van der Waals surface area contributed by atoms with Crippen molar-refractivity contribution in [1.82, 2.24) is 15.2 Å². The molecule has 5 fully saturated rings. The summed E-state index contributed by atoms with van der Waals surface area (Å²) < 4.78 is 0. The van der Waals surface area contributed by atoms with E-state index in [1.54, 1.807) is 0 Å². The number of aromatic amines is 1. The monoisotopic (exact) mass is 271 g/mol. The van der Waals surface area contributed by atoms with Crippen LogP contribution in [0.5, 0.6) is 0 Å². The van der Waals surface area contributed by atoms with Gasteiger partial charge in [-0.05, 0) is 68.6 Å². The molecule has 0 aromatic carbocycles. The first-order chi connectivity index (χ1) is 9.87. The zero-order chi connectivity index (χ0) is 13.1. The standard InChI is InChI=1S/C17H25N3/c1-2-4-12(3-1)16-18-17(20-19-16)15-13-6-10-5-11(8-13)9-14(15)7-10/h10-15H,1-9H2,(H,18,19,20). The van der Waals surface area contributed by atoms with Gasteiger partial charge < -0.3 is 0 Å². The quantitative estimate of drug-likeness (QED) is 0.883. The van der Waals surface area contributed by atoms with Gasteiger partial charge in [-0.3, -0.25) is 5.10 Å². The Balaban J connectivity index is 1.42. The summed E-state index contributed by atoms with van der Waals surface area (Å²) >= 11 is 0. The molecule has 0 amide bonds. The van der Waals surface area contributed by atoms with E-state index in [2.05, 4.69) is 10.2 Å². The summed E-state index contributed by atoms with van der Waals surface area (Å²) in [6.07, 6.45) is 12.8. The van der Waals surface area contributed by atoms with Crippen LogP contribution in [0, 0.1) is 23.7 Å². The van der Waals surface area contributed by atoms with E-state index in [9.17, 15) is 0 Å². The van der Waals surface area contributed by atoms with Crippen LogP contribution >= 0.6 is 0 Å². The van der Waals surface area contributed by atoms with Crippen LogP contribution in [0.1, 0.15) is 81.3 Å². The highest BCUT2D eigenvalue weighted by Crippen LogP contribution is 2.59. The van der Waals surface area contributed by atoms with Crippen molar-refractivity contribution < 1.29 is 0 Å². The zero-order valence-electron chi connectivity index (χ0n) is 12.2. The average molecular weight is 271 g/mol. The van der Waals surface area contributed by atoms with Crippen molar-refractivity contribution in [2.75, 3.05) is 0 Å². The smallest absolute Gasteiger partial charge is 0.153 e. The lowest BCUT2D eigenvalue weighted by Gasteiger charge is -2.53. The third kappa shape index (κ3) is 1.71. The number of hydrogen-bond acceptors (Lipinski definition) is 2. The van der Waals surface area contributed by atoms with Gasteiger partial charge in [0.25, 0.3) is 0 Å². The van der Waals surface area contributed by atoms with Crippen molar-refractivity contribution in [3.63, 3.8) is 0 Å². The second kappa shape index (κ2) is 4.32. The first kappa shape index (κ1) is 11.8. The van der Waals surface area contributed by atoms with Gasteiger partial charge in [0.2, 0.25) is 0 Å². The van der Waals surface area contributed by atoms with Gasteiger partial charge in [0, 0.05) is 11.8 Å². The maximum absolute atomic E-state index is 4.97.